The van der Waals surface area contributed by atoms with E-state index in [1.54, 1.807) is 0 Å². The Hall–Kier alpha value is -2.82. The third kappa shape index (κ3) is 6.65. The number of alkyl carbamates (subject to hydrolysis) is 1. The molecule has 0 radical (unpaired) electrons. The van der Waals surface area contributed by atoms with Gasteiger partial charge < -0.3 is 14.8 Å². The number of benzene rings is 2. The first-order chi connectivity index (χ1) is 11.2. The van der Waals surface area contributed by atoms with Crippen LogP contribution in [0.4, 0.5) is 4.79 Å². The van der Waals surface area contributed by atoms with Gasteiger partial charge in [0.15, 0.2) is 0 Å². The van der Waals surface area contributed by atoms with E-state index in [1.165, 1.54) is 0 Å². The van der Waals surface area contributed by atoms with Gasteiger partial charge in [-0.05, 0) is 11.1 Å². The molecule has 23 heavy (non-hydrogen) atoms. The molecule has 0 aliphatic rings. The summed E-state index contributed by atoms with van der Waals surface area (Å²) in [5.41, 5.74) is 1.83. The van der Waals surface area contributed by atoms with Crippen molar-refractivity contribution in [2.75, 3.05) is 6.54 Å². The van der Waals surface area contributed by atoms with Gasteiger partial charge in [-0.15, -0.1) is 0 Å². The van der Waals surface area contributed by atoms with Gasteiger partial charge in [-0.3, -0.25) is 4.79 Å². The fourth-order valence-corrected chi connectivity index (χ4v) is 1.85. The average molecular weight is 313 g/mol. The van der Waals surface area contributed by atoms with Gasteiger partial charge in [0.2, 0.25) is 0 Å². The molecule has 5 heteroatoms. The van der Waals surface area contributed by atoms with Crippen LogP contribution in [0.5, 0.6) is 0 Å². The van der Waals surface area contributed by atoms with Crippen LogP contribution in [0.15, 0.2) is 60.7 Å². The van der Waals surface area contributed by atoms with E-state index in [2.05, 4.69) is 5.32 Å². The van der Waals surface area contributed by atoms with Crippen LogP contribution in [0.2, 0.25) is 0 Å². The topological polar surface area (TPSA) is 64.6 Å². The van der Waals surface area contributed by atoms with Crippen molar-refractivity contribution in [1.29, 1.82) is 0 Å². The summed E-state index contributed by atoms with van der Waals surface area (Å²) in [6.07, 6.45) is -0.447. The van der Waals surface area contributed by atoms with Gasteiger partial charge in [0, 0.05) is 6.54 Å². The number of rotatable bonds is 7. The highest BCUT2D eigenvalue weighted by Crippen LogP contribution is 2.02. The summed E-state index contributed by atoms with van der Waals surface area (Å²) in [7, 11) is 0. The van der Waals surface area contributed by atoms with E-state index in [-0.39, 0.29) is 32.1 Å². The number of ether oxygens (including phenoxy) is 2. The van der Waals surface area contributed by atoms with Crippen molar-refractivity contribution < 1.29 is 19.1 Å². The highest BCUT2D eigenvalue weighted by molar-refractivity contribution is 5.71. The Morgan fingerprint density at radius 2 is 1.30 bits per heavy atom. The number of hydrogen-bond donors (Lipinski definition) is 1. The fraction of sp³-hybridized carbons (Fsp3) is 0.222. The number of nitrogens with one attached hydrogen (secondary N) is 1. The van der Waals surface area contributed by atoms with Crippen LogP contribution < -0.4 is 5.32 Å². The standard InChI is InChI=1S/C18H19NO4/c20-17(22-13-15-7-3-1-4-8-15)11-12-19-18(21)23-14-16-9-5-2-6-10-16/h1-10H,11-14H2,(H,19,21). The van der Waals surface area contributed by atoms with E-state index in [0.717, 1.165) is 11.1 Å². The number of amides is 1. The molecule has 0 spiro atoms. The van der Waals surface area contributed by atoms with Crippen molar-refractivity contribution in [2.24, 2.45) is 0 Å². The molecule has 0 aliphatic heterocycles. The molecule has 1 amide bonds. The SMILES string of the molecule is O=C(CCNC(=O)OCc1ccccc1)OCc1ccccc1. The third-order valence-electron chi connectivity index (χ3n) is 3.05. The molecule has 0 heterocycles. The first-order valence-electron chi connectivity index (χ1n) is 7.38. The van der Waals surface area contributed by atoms with E-state index >= 15 is 0 Å². The molecule has 1 N–H and O–H groups in total. The molecule has 0 aliphatic carbocycles. The minimum Gasteiger partial charge on any atom is -0.461 e. The predicted octanol–water partition coefficient (Wildman–Crippen LogP) is 3.05. The van der Waals surface area contributed by atoms with Gasteiger partial charge in [0.05, 0.1) is 6.42 Å². The summed E-state index contributed by atoms with van der Waals surface area (Å²) in [6, 6.07) is 18.8. The van der Waals surface area contributed by atoms with Crippen molar-refractivity contribution in [3.8, 4) is 0 Å². The van der Waals surface area contributed by atoms with E-state index in [0.29, 0.717) is 0 Å². The van der Waals surface area contributed by atoms with Crippen LogP contribution in [-0.2, 0) is 27.5 Å². The lowest BCUT2D eigenvalue weighted by Gasteiger charge is -2.07. The summed E-state index contributed by atoms with van der Waals surface area (Å²) in [4.78, 5) is 23.1. The van der Waals surface area contributed by atoms with Crippen molar-refractivity contribution in [3.05, 3.63) is 71.8 Å². The maximum absolute atomic E-state index is 11.6. The molecule has 5 nitrogen and oxygen atoms in total. The maximum Gasteiger partial charge on any atom is 0.407 e. The van der Waals surface area contributed by atoms with Crippen molar-refractivity contribution in [3.63, 3.8) is 0 Å². The minimum atomic E-state index is -0.551. The van der Waals surface area contributed by atoms with Crippen molar-refractivity contribution in [1.82, 2.24) is 5.32 Å². The smallest absolute Gasteiger partial charge is 0.407 e. The lowest BCUT2D eigenvalue weighted by atomic mass is 10.2. The number of esters is 1. The summed E-state index contributed by atoms with van der Waals surface area (Å²) in [5, 5.41) is 2.52. The zero-order valence-electron chi connectivity index (χ0n) is 12.7. The Morgan fingerprint density at radius 3 is 1.87 bits per heavy atom. The van der Waals surface area contributed by atoms with Crippen LogP contribution in [0.3, 0.4) is 0 Å². The van der Waals surface area contributed by atoms with Crippen LogP contribution in [0.1, 0.15) is 17.5 Å². The largest absolute Gasteiger partial charge is 0.461 e. The quantitative estimate of drug-likeness (QED) is 0.798. The van der Waals surface area contributed by atoms with Gasteiger partial charge >= 0.3 is 12.1 Å². The molecule has 2 aromatic carbocycles. The number of carbonyl (C=O) groups is 2. The van der Waals surface area contributed by atoms with Crippen LogP contribution >= 0.6 is 0 Å². The molecule has 0 saturated heterocycles. The third-order valence-corrected chi connectivity index (χ3v) is 3.05. The molecule has 0 atom stereocenters. The summed E-state index contributed by atoms with van der Waals surface area (Å²) in [5.74, 6) is -0.364. The summed E-state index contributed by atoms with van der Waals surface area (Å²) >= 11 is 0. The monoisotopic (exact) mass is 313 g/mol. The second-order valence-electron chi connectivity index (χ2n) is 4.88. The molecule has 0 unspecified atom stereocenters. The van der Waals surface area contributed by atoms with Gasteiger partial charge in [0.1, 0.15) is 13.2 Å². The lowest BCUT2D eigenvalue weighted by molar-refractivity contribution is -0.144. The Morgan fingerprint density at radius 1 is 0.783 bits per heavy atom. The second kappa shape index (κ2) is 9.25. The average Bonchev–Trinajstić information content (AvgIpc) is 2.60. The zero-order valence-corrected chi connectivity index (χ0v) is 12.7. The van der Waals surface area contributed by atoms with Gasteiger partial charge in [-0.25, -0.2) is 4.79 Å². The van der Waals surface area contributed by atoms with E-state index in [9.17, 15) is 9.59 Å². The van der Waals surface area contributed by atoms with Crippen LogP contribution in [-0.4, -0.2) is 18.6 Å². The minimum absolute atomic E-state index is 0.104. The number of hydrogen-bond acceptors (Lipinski definition) is 4. The fourth-order valence-electron chi connectivity index (χ4n) is 1.85. The van der Waals surface area contributed by atoms with Crippen LogP contribution in [0.25, 0.3) is 0 Å². The summed E-state index contributed by atoms with van der Waals surface area (Å²) < 4.78 is 10.1. The van der Waals surface area contributed by atoms with Crippen molar-refractivity contribution in [2.45, 2.75) is 19.6 Å². The van der Waals surface area contributed by atoms with E-state index in [1.807, 2.05) is 60.7 Å². The molecule has 0 saturated carbocycles. The zero-order chi connectivity index (χ0) is 16.3. The van der Waals surface area contributed by atoms with Crippen LogP contribution in [0, 0.1) is 0 Å². The molecule has 2 rings (SSSR count). The number of carbonyl (C=O) groups excluding carboxylic acids is 2. The maximum atomic E-state index is 11.6. The highest BCUT2D eigenvalue weighted by Gasteiger charge is 2.06. The Bertz CT molecular complexity index is 558. The molecule has 0 bridgehead atoms. The molecular weight excluding hydrogens is 294 g/mol. The molecule has 0 fully saturated rings. The van der Waals surface area contributed by atoms with E-state index in [4.69, 9.17) is 9.47 Å². The molecule has 0 aromatic heterocycles. The molecular formula is C18H19NO4. The van der Waals surface area contributed by atoms with Gasteiger partial charge in [-0.2, -0.15) is 0 Å². The van der Waals surface area contributed by atoms with E-state index < -0.39 is 6.09 Å². The Labute approximate surface area is 135 Å². The van der Waals surface area contributed by atoms with Gasteiger partial charge in [-0.1, -0.05) is 60.7 Å². The first-order valence-corrected chi connectivity index (χ1v) is 7.38. The predicted molar refractivity (Wildman–Crippen MR) is 85.5 cm³/mol. The first kappa shape index (κ1) is 16.5. The normalized spacial score (nSPS) is 9.91. The lowest BCUT2D eigenvalue weighted by Crippen LogP contribution is -2.27. The Kier molecular flexibility index (Phi) is 6.65. The summed E-state index contributed by atoms with van der Waals surface area (Å²) in [6.45, 7) is 0.616. The highest BCUT2D eigenvalue weighted by atomic mass is 16.5. The molecule has 120 valence electrons. The molecule has 2 aromatic rings. The van der Waals surface area contributed by atoms with Gasteiger partial charge in [0.25, 0.3) is 0 Å². The Balaban J connectivity index is 1.57. The second-order valence-corrected chi connectivity index (χ2v) is 4.88. The van der Waals surface area contributed by atoms with Crippen molar-refractivity contribution >= 4 is 12.1 Å².